The largest absolute Gasteiger partial charge is 0.502 e. The van der Waals surface area contributed by atoms with Crippen molar-refractivity contribution in [3.05, 3.63) is 55.6 Å². The predicted molar refractivity (Wildman–Crippen MR) is 106 cm³/mol. The first-order valence-electron chi connectivity index (χ1n) is 7.88. The van der Waals surface area contributed by atoms with Crippen LogP contribution in [-0.2, 0) is 11.3 Å². The molecular weight excluding hydrogens is 438 g/mol. The molecule has 0 spiro atoms. The fraction of sp³-hybridized carbons (Fsp3) is 0.158. The van der Waals surface area contributed by atoms with Crippen LogP contribution in [0.2, 0.25) is 5.02 Å². The van der Waals surface area contributed by atoms with Gasteiger partial charge in [-0.25, -0.2) is 0 Å². The average Bonchev–Trinajstić information content (AvgIpc) is 2.63. The van der Waals surface area contributed by atoms with E-state index in [1.54, 1.807) is 30.3 Å². The number of hydrogen-bond donors (Lipinski definition) is 2. The Bertz CT molecular complexity index is 1110. The van der Waals surface area contributed by atoms with Crippen molar-refractivity contribution < 1.29 is 19.1 Å². The zero-order valence-electron chi connectivity index (χ0n) is 14.4. The quantitative estimate of drug-likeness (QED) is 0.618. The number of carbonyl (C=O) groups excluding carboxylic acids is 1. The number of fused-ring (bicyclic) bond motifs is 1. The predicted octanol–water partition coefficient (Wildman–Crippen LogP) is 4.23. The van der Waals surface area contributed by atoms with E-state index in [1.165, 1.54) is 14.0 Å². The van der Waals surface area contributed by atoms with Gasteiger partial charge < -0.3 is 19.6 Å². The third-order valence-electron chi connectivity index (χ3n) is 3.94. The Morgan fingerprint density at radius 1 is 1.33 bits per heavy atom. The first-order chi connectivity index (χ1) is 12.8. The van der Waals surface area contributed by atoms with E-state index in [2.05, 4.69) is 21.2 Å². The van der Waals surface area contributed by atoms with E-state index in [-0.39, 0.29) is 29.2 Å². The number of halogens is 2. The highest BCUT2D eigenvalue weighted by atomic mass is 79.9. The molecule has 1 amide bonds. The minimum Gasteiger partial charge on any atom is -0.502 e. The molecule has 3 aromatic rings. The molecule has 2 aromatic carbocycles. The second-order valence-corrected chi connectivity index (χ2v) is 7.08. The Morgan fingerprint density at radius 3 is 2.70 bits per heavy atom. The van der Waals surface area contributed by atoms with Crippen LogP contribution in [0.4, 0.5) is 0 Å². The summed E-state index contributed by atoms with van der Waals surface area (Å²) < 4.78 is 11.4. The summed E-state index contributed by atoms with van der Waals surface area (Å²) >= 11 is 9.52. The van der Waals surface area contributed by atoms with Gasteiger partial charge in [-0.1, -0.05) is 11.6 Å². The van der Waals surface area contributed by atoms with Gasteiger partial charge in [0.05, 0.1) is 22.0 Å². The van der Waals surface area contributed by atoms with Crippen LogP contribution in [0.5, 0.6) is 11.5 Å². The zero-order chi connectivity index (χ0) is 19.7. The molecule has 0 aliphatic rings. The maximum absolute atomic E-state index is 12.7. The van der Waals surface area contributed by atoms with Crippen molar-refractivity contribution in [1.82, 2.24) is 5.32 Å². The van der Waals surface area contributed by atoms with Crippen LogP contribution in [0.3, 0.4) is 0 Å². The molecular formula is C19H15BrClNO5. The molecule has 0 bridgehead atoms. The highest BCUT2D eigenvalue weighted by Crippen LogP contribution is 2.36. The minimum absolute atomic E-state index is 0.00682. The molecule has 2 N–H and O–H groups in total. The second kappa shape index (κ2) is 7.62. The van der Waals surface area contributed by atoms with E-state index in [9.17, 15) is 14.7 Å². The van der Waals surface area contributed by atoms with Gasteiger partial charge in [-0.05, 0) is 51.8 Å². The number of methoxy groups -OCH3 is 1. The summed E-state index contributed by atoms with van der Waals surface area (Å²) in [6.07, 6.45) is 0. The molecule has 6 nitrogen and oxygen atoms in total. The van der Waals surface area contributed by atoms with Gasteiger partial charge in [0, 0.05) is 19.0 Å². The molecule has 0 unspecified atom stereocenters. The summed E-state index contributed by atoms with van der Waals surface area (Å²) in [6.45, 7) is 1.66. The molecule has 0 radical (unpaired) electrons. The Kier molecular flexibility index (Phi) is 5.43. The van der Waals surface area contributed by atoms with E-state index in [4.69, 9.17) is 20.8 Å². The molecule has 0 aliphatic heterocycles. The lowest BCUT2D eigenvalue weighted by atomic mass is 10.1. The van der Waals surface area contributed by atoms with Crippen LogP contribution in [0.25, 0.3) is 22.3 Å². The van der Waals surface area contributed by atoms with Gasteiger partial charge in [-0.15, -0.1) is 0 Å². The summed E-state index contributed by atoms with van der Waals surface area (Å²) in [5.74, 6) is -0.237. The molecule has 27 heavy (non-hydrogen) atoms. The maximum Gasteiger partial charge on any atom is 0.235 e. The summed E-state index contributed by atoms with van der Waals surface area (Å²) in [5, 5.41) is 13.6. The maximum atomic E-state index is 12.7. The number of benzene rings is 2. The van der Waals surface area contributed by atoms with Crippen molar-refractivity contribution in [3.63, 3.8) is 0 Å². The molecule has 140 valence electrons. The fourth-order valence-electron chi connectivity index (χ4n) is 2.63. The number of nitrogens with one attached hydrogen (secondary N) is 1. The molecule has 8 heteroatoms. The normalized spacial score (nSPS) is 10.8. The summed E-state index contributed by atoms with van der Waals surface area (Å²) in [5.41, 5.74) is 0.831. The first-order valence-corrected chi connectivity index (χ1v) is 9.05. The highest BCUT2D eigenvalue weighted by molar-refractivity contribution is 9.10. The lowest BCUT2D eigenvalue weighted by Crippen LogP contribution is -2.19. The number of rotatable bonds is 4. The molecule has 3 rings (SSSR count). The molecule has 0 aliphatic carbocycles. The molecule has 1 heterocycles. The van der Waals surface area contributed by atoms with E-state index in [0.29, 0.717) is 26.4 Å². The standard InChI is InChI=1S/C19H15BrClNO5/c1-9(23)22-8-10-5-12-16(24)17(25)18(27-19(12)13(20)6-10)11-3-4-15(26-2)14(21)7-11/h3-7,25H,8H2,1-2H3,(H,22,23). The zero-order valence-corrected chi connectivity index (χ0v) is 16.8. The second-order valence-electron chi connectivity index (χ2n) is 5.82. The average molecular weight is 453 g/mol. The summed E-state index contributed by atoms with van der Waals surface area (Å²) in [7, 11) is 1.49. The highest BCUT2D eigenvalue weighted by Gasteiger charge is 2.18. The van der Waals surface area contributed by atoms with E-state index in [0.717, 1.165) is 0 Å². The Labute approximate surface area is 167 Å². The van der Waals surface area contributed by atoms with E-state index >= 15 is 0 Å². The van der Waals surface area contributed by atoms with Crippen molar-refractivity contribution in [3.8, 4) is 22.8 Å². The lowest BCUT2D eigenvalue weighted by molar-refractivity contribution is -0.119. The van der Waals surface area contributed by atoms with Gasteiger partial charge in [0.25, 0.3) is 0 Å². The van der Waals surface area contributed by atoms with Crippen LogP contribution in [-0.4, -0.2) is 18.1 Å². The molecule has 1 aromatic heterocycles. The number of carbonyl (C=O) groups is 1. The van der Waals surface area contributed by atoms with Crippen molar-refractivity contribution >= 4 is 44.4 Å². The first kappa shape index (κ1) is 19.3. The monoisotopic (exact) mass is 451 g/mol. The van der Waals surface area contributed by atoms with Crippen LogP contribution in [0, 0.1) is 0 Å². The summed E-state index contributed by atoms with van der Waals surface area (Å²) in [6, 6.07) is 8.11. The minimum atomic E-state index is -0.580. The van der Waals surface area contributed by atoms with Crippen LogP contribution < -0.4 is 15.5 Å². The van der Waals surface area contributed by atoms with Crippen molar-refractivity contribution in [2.45, 2.75) is 13.5 Å². The fourth-order valence-corrected chi connectivity index (χ4v) is 3.48. The number of aromatic hydroxyl groups is 1. The van der Waals surface area contributed by atoms with Crippen LogP contribution in [0.1, 0.15) is 12.5 Å². The Hall–Kier alpha value is -2.51. The molecule has 0 saturated carbocycles. The smallest absolute Gasteiger partial charge is 0.235 e. The van der Waals surface area contributed by atoms with Crippen molar-refractivity contribution in [2.75, 3.05) is 7.11 Å². The SMILES string of the molecule is COc1ccc(-c2oc3c(Br)cc(CNC(C)=O)cc3c(=O)c2O)cc1Cl. The van der Waals surface area contributed by atoms with Gasteiger partial charge in [-0.2, -0.15) is 0 Å². The lowest BCUT2D eigenvalue weighted by Gasteiger charge is -2.10. The Balaban J connectivity index is 2.17. The Morgan fingerprint density at radius 2 is 2.07 bits per heavy atom. The van der Waals surface area contributed by atoms with Crippen LogP contribution in [0.15, 0.2) is 44.0 Å². The van der Waals surface area contributed by atoms with Crippen LogP contribution >= 0.6 is 27.5 Å². The number of hydrogen-bond acceptors (Lipinski definition) is 5. The third kappa shape index (κ3) is 3.79. The van der Waals surface area contributed by atoms with Crippen molar-refractivity contribution in [1.29, 1.82) is 0 Å². The number of ether oxygens (including phenoxy) is 1. The number of amides is 1. The topological polar surface area (TPSA) is 88.8 Å². The van der Waals surface area contributed by atoms with E-state index in [1.807, 2.05) is 0 Å². The molecule has 0 saturated heterocycles. The molecule has 0 fully saturated rings. The van der Waals surface area contributed by atoms with E-state index < -0.39 is 11.2 Å². The van der Waals surface area contributed by atoms with Gasteiger partial charge in [0.15, 0.2) is 11.3 Å². The third-order valence-corrected chi connectivity index (χ3v) is 4.82. The molecule has 0 atom stereocenters. The summed E-state index contributed by atoms with van der Waals surface area (Å²) in [4.78, 5) is 23.8. The van der Waals surface area contributed by atoms with Gasteiger partial charge >= 0.3 is 0 Å². The van der Waals surface area contributed by atoms with Gasteiger partial charge in [0.2, 0.25) is 17.1 Å². The van der Waals surface area contributed by atoms with Crippen molar-refractivity contribution in [2.24, 2.45) is 0 Å². The van der Waals surface area contributed by atoms with Gasteiger partial charge in [0.1, 0.15) is 5.75 Å². The van der Waals surface area contributed by atoms with Gasteiger partial charge in [-0.3, -0.25) is 9.59 Å².